The highest BCUT2D eigenvalue weighted by Crippen LogP contribution is 2.46. The van der Waals surface area contributed by atoms with Crippen LogP contribution in [0, 0.1) is 0 Å². The predicted molar refractivity (Wildman–Crippen MR) is 406 cm³/mol. The summed E-state index contributed by atoms with van der Waals surface area (Å²) in [4.78, 5) is 22.3. The van der Waals surface area contributed by atoms with E-state index in [4.69, 9.17) is 19.9 Å². The first-order chi connectivity index (χ1) is 48.1. The number of nitrogens with zero attached hydrogens (tertiary/aromatic N) is 9. The molecule has 0 fully saturated rings. The summed E-state index contributed by atoms with van der Waals surface area (Å²) in [6.07, 6.45) is 0. The molecule has 0 amide bonds. The summed E-state index contributed by atoms with van der Waals surface area (Å²) in [5.74, 6) is 3.05. The fraction of sp³-hybridized carbons (Fsp3) is 0. The van der Waals surface area contributed by atoms with E-state index < -0.39 is 0 Å². The van der Waals surface area contributed by atoms with Gasteiger partial charge in [-0.15, -0.1) is 22.7 Å². The maximum Gasteiger partial charge on any atom is 0.237 e. The molecule has 22 rings (SSSR count). The Bertz CT molecular complexity index is 7050. The van der Waals surface area contributed by atoms with Gasteiger partial charge in [-0.2, -0.15) is 4.98 Å². The minimum absolute atomic E-state index is 0.620. The number of hydrogen-bond donors (Lipinski definition) is 0. The molecule has 0 aliphatic heterocycles. The molecule has 0 bridgehead atoms. The van der Waals surface area contributed by atoms with E-state index in [0.717, 1.165) is 152 Å². The van der Waals surface area contributed by atoms with Gasteiger partial charge in [0.05, 0.1) is 75.6 Å². The van der Waals surface area contributed by atoms with Crippen LogP contribution in [-0.4, -0.2) is 42.8 Å². The number of thiophene rings is 2. The summed E-state index contributed by atoms with van der Waals surface area (Å²) < 4.78 is 16.3. The second-order valence-corrected chi connectivity index (χ2v) is 27.4. The summed E-state index contributed by atoms with van der Waals surface area (Å²) in [5, 5.41) is 14.0. The average molecular weight is 1270 g/mol. The van der Waals surface area contributed by atoms with Crippen LogP contribution in [0.3, 0.4) is 0 Å². The van der Waals surface area contributed by atoms with Crippen molar-refractivity contribution in [2.24, 2.45) is 0 Å². The van der Waals surface area contributed by atoms with Crippen LogP contribution in [0.25, 0.3) is 201 Å². The lowest BCUT2D eigenvalue weighted by Crippen LogP contribution is -2.06. The van der Waals surface area contributed by atoms with Crippen molar-refractivity contribution in [2.75, 3.05) is 0 Å². The van der Waals surface area contributed by atoms with Gasteiger partial charge in [-0.1, -0.05) is 188 Å². The van der Waals surface area contributed by atoms with Crippen LogP contribution >= 0.6 is 22.7 Å². The second kappa shape index (κ2) is 20.0. The molecule has 9 nitrogen and oxygen atoms in total. The molecule has 0 aliphatic carbocycles. The minimum Gasteiger partial charge on any atom is -0.309 e. The Balaban J connectivity index is 0.724. The van der Waals surface area contributed by atoms with Crippen LogP contribution in [0.1, 0.15) is 0 Å². The summed E-state index contributed by atoms with van der Waals surface area (Å²) in [7, 11) is 0. The van der Waals surface area contributed by atoms with Crippen molar-refractivity contribution in [2.45, 2.75) is 0 Å². The highest BCUT2D eigenvalue weighted by atomic mass is 32.1. The first-order valence-electron chi connectivity index (χ1n) is 32.7. The molecule has 9 heterocycles. The normalized spacial score (nSPS) is 12.3. The zero-order chi connectivity index (χ0) is 63.1. The van der Waals surface area contributed by atoms with Gasteiger partial charge >= 0.3 is 0 Å². The minimum atomic E-state index is 0.620. The predicted octanol–water partition coefficient (Wildman–Crippen LogP) is 22.8. The maximum atomic E-state index is 5.80. The van der Waals surface area contributed by atoms with E-state index in [9.17, 15) is 0 Å². The lowest BCUT2D eigenvalue weighted by atomic mass is 10.0. The molecule has 0 saturated heterocycles. The van der Waals surface area contributed by atoms with Crippen LogP contribution in [0.5, 0.6) is 0 Å². The van der Waals surface area contributed by atoms with Crippen LogP contribution < -0.4 is 0 Å². The number of hydrogen-bond acceptors (Lipinski definition) is 6. The summed E-state index contributed by atoms with van der Waals surface area (Å²) in [5.41, 5.74) is 18.4. The van der Waals surface area contributed by atoms with Gasteiger partial charge in [-0.3, -0.25) is 13.7 Å². The van der Waals surface area contributed by atoms with E-state index in [1.54, 1.807) is 22.7 Å². The van der Waals surface area contributed by atoms with E-state index >= 15 is 0 Å². The Hall–Kier alpha value is -12.5. The van der Waals surface area contributed by atoms with Gasteiger partial charge in [0.25, 0.3) is 0 Å². The van der Waals surface area contributed by atoms with E-state index in [-0.39, 0.29) is 0 Å². The first-order valence-corrected chi connectivity index (χ1v) is 34.3. The second-order valence-electron chi connectivity index (χ2n) is 25.3. The molecule has 97 heavy (non-hydrogen) atoms. The zero-order valence-corrected chi connectivity index (χ0v) is 53.3. The smallest absolute Gasteiger partial charge is 0.237 e. The number of fused-ring (bicyclic) bond motifs is 21. The third kappa shape index (κ3) is 7.52. The molecule has 0 atom stereocenters. The quantitative estimate of drug-likeness (QED) is 0.159. The molecule has 0 spiro atoms. The lowest BCUT2D eigenvalue weighted by molar-refractivity contribution is 0.976. The molecule has 11 heteroatoms. The average Bonchev–Trinajstić information content (AvgIpc) is 1.57. The van der Waals surface area contributed by atoms with Gasteiger partial charge in [0.1, 0.15) is 0 Å². The summed E-state index contributed by atoms with van der Waals surface area (Å²) in [6.45, 7) is 0. The van der Waals surface area contributed by atoms with Gasteiger partial charge in [0, 0.05) is 91.0 Å². The number of para-hydroxylation sites is 7. The van der Waals surface area contributed by atoms with Crippen LogP contribution in [0.15, 0.2) is 297 Å². The fourth-order valence-corrected chi connectivity index (χ4v) is 18.1. The fourth-order valence-electron chi connectivity index (χ4n) is 15.9. The van der Waals surface area contributed by atoms with Gasteiger partial charge in [0.15, 0.2) is 17.5 Å². The van der Waals surface area contributed by atoms with Crippen molar-refractivity contribution in [1.29, 1.82) is 0 Å². The molecule has 0 saturated carbocycles. The maximum absolute atomic E-state index is 5.80. The Morgan fingerprint density at radius 3 is 1.08 bits per heavy atom. The summed E-state index contributed by atoms with van der Waals surface area (Å²) in [6, 6.07) is 108. The van der Waals surface area contributed by atoms with E-state index in [2.05, 4.69) is 314 Å². The molecule has 13 aromatic carbocycles. The third-order valence-corrected chi connectivity index (χ3v) is 22.4. The summed E-state index contributed by atoms with van der Waals surface area (Å²) >= 11 is 3.52. The largest absolute Gasteiger partial charge is 0.309 e. The highest BCUT2D eigenvalue weighted by Gasteiger charge is 2.26. The molecule has 0 N–H and O–H groups in total. The monoisotopic (exact) mass is 1270 g/mol. The Morgan fingerprint density at radius 1 is 0.216 bits per heavy atom. The Morgan fingerprint density at radius 2 is 0.567 bits per heavy atom. The topological polar surface area (TPSA) is 76.2 Å². The molecular formula is C86H49N9S2. The van der Waals surface area contributed by atoms with Crippen LogP contribution in [0.4, 0.5) is 0 Å². The Labute approximate surface area is 560 Å². The molecule has 450 valence electrons. The number of benzene rings is 13. The molecule has 0 radical (unpaired) electrons. The van der Waals surface area contributed by atoms with Crippen molar-refractivity contribution in [1.82, 2.24) is 42.8 Å². The van der Waals surface area contributed by atoms with Crippen molar-refractivity contribution in [3.8, 4) is 51.5 Å². The van der Waals surface area contributed by atoms with E-state index in [0.29, 0.717) is 11.8 Å². The standard InChI is InChI=1S/C86H49N9S2/c1-2-20-50(21-3-1)83-87-79-62-29-11-19-37-77(62)96-81(79)84(89-83)93-70-33-15-9-27-60(70)64-49-54(41-43-75(64)93)92-69-32-14-8-26-59(69)63-46-51(38-42-74(63)92)52-39-45-78-66(47-52)80-82(97-78)85(90-86(88-80)95-72-35-17-6-24-57(72)58-25-7-18-36-73(58)95)94-71-34-16-10-28-61(71)65-48-53(40-44-76(65)94)91-67-30-12-4-22-55(67)56-23-5-13-31-68(56)91/h1-49H. The van der Waals surface area contributed by atoms with Crippen molar-refractivity contribution < 1.29 is 0 Å². The first kappa shape index (κ1) is 52.9. The third-order valence-electron chi connectivity index (χ3n) is 20.1. The van der Waals surface area contributed by atoms with E-state index in [1.807, 2.05) is 6.07 Å². The molecule has 0 unspecified atom stereocenters. The van der Waals surface area contributed by atoms with Crippen molar-refractivity contribution in [3.05, 3.63) is 297 Å². The molecule has 9 aromatic heterocycles. The van der Waals surface area contributed by atoms with Crippen LogP contribution in [0.2, 0.25) is 0 Å². The molecular weight excluding hydrogens is 1220 g/mol. The highest BCUT2D eigenvalue weighted by molar-refractivity contribution is 7.26. The molecule has 0 aliphatic rings. The van der Waals surface area contributed by atoms with Crippen molar-refractivity contribution in [3.63, 3.8) is 0 Å². The lowest BCUT2D eigenvalue weighted by Gasteiger charge is -2.13. The Kier molecular flexibility index (Phi) is 10.9. The molecule has 22 aromatic rings. The van der Waals surface area contributed by atoms with Crippen LogP contribution in [-0.2, 0) is 0 Å². The number of aromatic nitrogens is 9. The zero-order valence-electron chi connectivity index (χ0n) is 51.6. The SMILES string of the molecule is c1ccc(-c2nc(-n3c4ccccc4c4cc(-n5c6ccccc6c6cc(-c7ccc8sc9c(-n%10c%11ccccc%11c%11cc(-n%12c%13ccccc%13c%13ccccc%13%12)ccc%11%10)nc(-n%10c%11ccccc%11c%11ccccc%11%10)nc9c8c7)ccc65)ccc43)c3sc4ccccc4c3n2)cc1. The van der Waals surface area contributed by atoms with Gasteiger partial charge in [-0.05, 0) is 120 Å². The number of rotatable bonds is 7. The van der Waals surface area contributed by atoms with Crippen molar-refractivity contribution >= 4 is 172 Å². The van der Waals surface area contributed by atoms with Gasteiger partial charge in [-0.25, -0.2) is 15.0 Å². The van der Waals surface area contributed by atoms with E-state index in [1.165, 1.54) is 37.3 Å². The van der Waals surface area contributed by atoms with Gasteiger partial charge < -0.3 is 9.13 Å². The van der Waals surface area contributed by atoms with Gasteiger partial charge in [0.2, 0.25) is 5.95 Å².